The fraction of sp³-hybridized carbons (Fsp3) is 0.429. The third-order valence-corrected chi connectivity index (χ3v) is 4.85. The average molecular weight is 275 g/mol. The average Bonchev–Trinajstić information content (AvgIpc) is 2.76. The number of fused-ring (bicyclic) bond motifs is 1. The van der Waals surface area contributed by atoms with Crippen LogP contribution < -0.4 is 5.32 Å². The Morgan fingerprint density at radius 3 is 3.05 bits per heavy atom. The number of rotatable bonds is 3. The number of amides is 1. The Balaban J connectivity index is 1.64. The number of nitrogens with zero attached hydrogens (tertiary/aromatic N) is 2. The first-order valence-electron chi connectivity index (χ1n) is 6.48. The Labute approximate surface area is 116 Å². The van der Waals surface area contributed by atoms with Crippen LogP contribution in [0.4, 0.5) is 0 Å². The van der Waals surface area contributed by atoms with Crippen molar-refractivity contribution in [1.29, 1.82) is 0 Å². The first-order chi connectivity index (χ1) is 9.13. The Morgan fingerprint density at radius 2 is 2.37 bits per heavy atom. The van der Waals surface area contributed by atoms with Gasteiger partial charge in [0.05, 0.1) is 4.70 Å². The van der Waals surface area contributed by atoms with Crippen LogP contribution in [-0.4, -0.2) is 34.9 Å². The van der Waals surface area contributed by atoms with E-state index in [1.165, 1.54) is 15.0 Å². The molecule has 0 spiro atoms. The Morgan fingerprint density at radius 1 is 1.58 bits per heavy atom. The maximum atomic E-state index is 11.1. The molecule has 1 amide bonds. The lowest BCUT2D eigenvalue weighted by molar-refractivity contribution is -0.133. The summed E-state index contributed by atoms with van der Waals surface area (Å²) in [6.07, 6.45) is 3.74. The molecule has 1 fully saturated rings. The lowest BCUT2D eigenvalue weighted by atomic mass is 10.1. The van der Waals surface area contributed by atoms with E-state index in [1.54, 1.807) is 18.3 Å². The number of hydrogen-bond acceptors (Lipinski definition) is 4. The van der Waals surface area contributed by atoms with Crippen LogP contribution in [0.2, 0.25) is 0 Å². The quantitative estimate of drug-likeness (QED) is 0.934. The highest BCUT2D eigenvalue weighted by atomic mass is 32.1. The fourth-order valence-electron chi connectivity index (χ4n) is 2.40. The third kappa shape index (κ3) is 2.48. The molecule has 4 nitrogen and oxygen atoms in total. The fourth-order valence-corrected chi connectivity index (χ4v) is 3.44. The largest absolute Gasteiger partial charge is 0.340 e. The third-order valence-electron chi connectivity index (χ3n) is 3.58. The standard InChI is InChI=1S/C14H17N3OS/c1-9(16-12-7-17(8-12)10(2)18)13-5-11-3-4-15-6-14(11)19-13/h3-6,9,12,16H,7-8H2,1-2H3. The molecule has 1 aliphatic heterocycles. The highest BCUT2D eigenvalue weighted by Crippen LogP contribution is 2.29. The predicted octanol–water partition coefficient (Wildman–Crippen LogP) is 2.18. The van der Waals surface area contributed by atoms with Gasteiger partial charge in [0.1, 0.15) is 0 Å². The van der Waals surface area contributed by atoms with E-state index in [1.807, 2.05) is 23.4 Å². The molecule has 19 heavy (non-hydrogen) atoms. The van der Waals surface area contributed by atoms with E-state index in [-0.39, 0.29) is 5.91 Å². The Bertz CT molecular complexity index is 571. The lowest BCUT2D eigenvalue weighted by Crippen LogP contribution is -2.59. The first-order valence-corrected chi connectivity index (χ1v) is 7.30. The molecule has 1 N–H and O–H groups in total. The summed E-state index contributed by atoms with van der Waals surface area (Å²) >= 11 is 1.78. The number of nitrogens with one attached hydrogen (secondary N) is 1. The molecule has 0 radical (unpaired) electrons. The number of pyridine rings is 1. The predicted molar refractivity (Wildman–Crippen MR) is 77.2 cm³/mol. The highest BCUT2D eigenvalue weighted by Gasteiger charge is 2.29. The summed E-state index contributed by atoms with van der Waals surface area (Å²) in [5.41, 5.74) is 0. The molecule has 0 aliphatic carbocycles. The van der Waals surface area contributed by atoms with E-state index in [2.05, 4.69) is 23.3 Å². The van der Waals surface area contributed by atoms with Crippen molar-refractivity contribution in [2.24, 2.45) is 0 Å². The Kier molecular flexibility index (Phi) is 3.24. The van der Waals surface area contributed by atoms with Crippen LogP contribution in [0.1, 0.15) is 24.8 Å². The molecule has 1 unspecified atom stereocenters. The number of carbonyl (C=O) groups is 1. The minimum atomic E-state index is 0.165. The molecule has 2 aromatic heterocycles. The molecule has 3 rings (SSSR count). The summed E-state index contributed by atoms with van der Waals surface area (Å²) in [6.45, 7) is 5.45. The van der Waals surface area contributed by atoms with Gasteiger partial charge in [-0.3, -0.25) is 9.78 Å². The zero-order valence-electron chi connectivity index (χ0n) is 11.1. The van der Waals surface area contributed by atoms with Gasteiger partial charge in [0.25, 0.3) is 0 Å². The van der Waals surface area contributed by atoms with Gasteiger partial charge in [0.2, 0.25) is 5.91 Å². The van der Waals surface area contributed by atoms with E-state index < -0.39 is 0 Å². The second kappa shape index (κ2) is 4.90. The second-order valence-corrected chi connectivity index (χ2v) is 6.19. The maximum Gasteiger partial charge on any atom is 0.219 e. The van der Waals surface area contributed by atoms with Crippen LogP contribution in [0, 0.1) is 0 Å². The van der Waals surface area contributed by atoms with E-state index >= 15 is 0 Å². The summed E-state index contributed by atoms with van der Waals surface area (Å²) < 4.78 is 1.23. The molecule has 5 heteroatoms. The van der Waals surface area contributed by atoms with Crippen molar-refractivity contribution < 1.29 is 4.79 Å². The summed E-state index contributed by atoms with van der Waals surface area (Å²) in [5, 5.41) is 4.83. The topological polar surface area (TPSA) is 45.2 Å². The summed E-state index contributed by atoms with van der Waals surface area (Å²) in [4.78, 5) is 18.5. The van der Waals surface area contributed by atoms with Crippen molar-refractivity contribution in [3.8, 4) is 0 Å². The molecule has 0 saturated carbocycles. The minimum Gasteiger partial charge on any atom is -0.340 e. The summed E-state index contributed by atoms with van der Waals surface area (Å²) in [5.74, 6) is 0.165. The van der Waals surface area contributed by atoms with Gasteiger partial charge in [0.15, 0.2) is 0 Å². The molecule has 100 valence electrons. The van der Waals surface area contributed by atoms with E-state index in [4.69, 9.17) is 0 Å². The molecular formula is C14H17N3OS. The summed E-state index contributed by atoms with van der Waals surface area (Å²) in [6, 6.07) is 5.00. The van der Waals surface area contributed by atoms with Crippen LogP contribution in [-0.2, 0) is 4.79 Å². The van der Waals surface area contributed by atoms with Gasteiger partial charge in [-0.25, -0.2) is 0 Å². The van der Waals surface area contributed by atoms with Gasteiger partial charge in [0, 0.05) is 49.4 Å². The molecule has 3 heterocycles. The number of hydrogen-bond donors (Lipinski definition) is 1. The molecule has 1 saturated heterocycles. The first kappa shape index (κ1) is 12.6. The van der Waals surface area contributed by atoms with Crippen molar-refractivity contribution >= 4 is 27.3 Å². The van der Waals surface area contributed by atoms with Crippen molar-refractivity contribution in [1.82, 2.24) is 15.2 Å². The molecule has 1 atom stereocenters. The summed E-state index contributed by atoms with van der Waals surface area (Å²) in [7, 11) is 0. The zero-order valence-corrected chi connectivity index (χ0v) is 11.9. The van der Waals surface area contributed by atoms with Gasteiger partial charge in [-0.2, -0.15) is 0 Å². The monoisotopic (exact) mass is 275 g/mol. The van der Waals surface area contributed by atoms with Crippen LogP contribution in [0.5, 0.6) is 0 Å². The number of likely N-dealkylation sites (tertiary alicyclic amines) is 1. The van der Waals surface area contributed by atoms with Crippen LogP contribution >= 0.6 is 11.3 Å². The normalized spacial score (nSPS) is 17.5. The van der Waals surface area contributed by atoms with Crippen LogP contribution in [0.15, 0.2) is 24.5 Å². The van der Waals surface area contributed by atoms with Gasteiger partial charge in [-0.1, -0.05) is 0 Å². The molecular weight excluding hydrogens is 258 g/mol. The number of thiophene rings is 1. The van der Waals surface area contributed by atoms with Gasteiger partial charge in [-0.05, 0) is 24.4 Å². The maximum absolute atomic E-state index is 11.1. The lowest BCUT2D eigenvalue weighted by Gasteiger charge is -2.40. The molecule has 1 aliphatic rings. The van der Waals surface area contributed by atoms with Crippen LogP contribution in [0.3, 0.4) is 0 Å². The van der Waals surface area contributed by atoms with Crippen molar-refractivity contribution in [2.45, 2.75) is 25.9 Å². The minimum absolute atomic E-state index is 0.165. The molecule has 2 aromatic rings. The van der Waals surface area contributed by atoms with Gasteiger partial charge < -0.3 is 10.2 Å². The smallest absolute Gasteiger partial charge is 0.219 e. The van der Waals surface area contributed by atoms with Crippen LogP contribution in [0.25, 0.3) is 10.1 Å². The van der Waals surface area contributed by atoms with Gasteiger partial charge in [-0.15, -0.1) is 11.3 Å². The molecule has 0 aromatic carbocycles. The van der Waals surface area contributed by atoms with Gasteiger partial charge >= 0.3 is 0 Å². The van der Waals surface area contributed by atoms with E-state index in [0.717, 1.165) is 13.1 Å². The van der Waals surface area contributed by atoms with E-state index in [9.17, 15) is 4.79 Å². The zero-order chi connectivity index (χ0) is 13.4. The van der Waals surface area contributed by atoms with E-state index in [0.29, 0.717) is 12.1 Å². The number of aromatic nitrogens is 1. The second-order valence-electron chi connectivity index (χ2n) is 5.07. The number of carbonyl (C=O) groups excluding carboxylic acids is 1. The highest BCUT2D eigenvalue weighted by molar-refractivity contribution is 7.19. The molecule has 0 bridgehead atoms. The van der Waals surface area contributed by atoms with Crippen molar-refractivity contribution in [3.05, 3.63) is 29.4 Å². The SMILES string of the molecule is CC(=O)N1CC(NC(C)c2cc3ccncc3s2)C1. The van der Waals surface area contributed by atoms with Crippen molar-refractivity contribution in [3.63, 3.8) is 0 Å². The Hall–Kier alpha value is -1.46. The van der Waals surface area contributed by atoms with Crippen molar-refractivity contribution in [2.75, 3.05) is 13.1 Å².